The number of benzene rings is 1. The summed E-state index contributed by atoms with van der Waals surface area (Å²) in [4.78, 5) is 12.4. The number of nitrogen functional groups attached to an aromatic ring is 1. The summed E-state index contributed by atoms with van der Waals surface area (Å²) in [5.41, 5.74) is 7.45. The summed E-state index contributed by atoms with van der Waals surface area (Å²) in [7, 11) is 1.47. The Bertz CT molecular complexity index is 719. The van der Waals surface area contributed by atoms with Crippen molar-refractivity contribution in [1.82, 2.24) is 10.2 Å². The van der Waals surface area contributed by atoms with E-state index >= 15 is 0 Å². The fourth-order valence-corrected chi connectivity index (χ4v) is 2.35. The second-order valence-electron chi connectivity index (χ2n) is 6.54. The molecule has 7 heteroatoms. The van der Waals surface area contributed by atoms with Gasteiger partial charge in [0.15, 0.2) is 5.82 Å². The van der Waals surface area contributed by atoms with Gasteiger partial charge in [-0.2, -0.15) is 5.10 Å². The first-order valence-electron chi connectivity index (χ1n) is 7.18. The van der Waals surface area contributed by atoms with Crippen LogP contribution < -0.4 is 15.8 Å². The molecule has 23 heavy (non-hydrogen) atoms. The van der Waals surface area contributed by atoms with E-state index in [2.05, 4.69) is 36.3 Å². The summed E-state index contributed by atoms with van der Waals surface area (Å²) in [6.07, 6.45) is 0.826. The Hall–Kier alpha value is -2.21. The lowest BCUT2D eigenvalue weighted by Crippen LogP contribution is -2.14. The molecule has 0 aliphatic carbocycles. The average Bonchev–Trinajstić information content (AvgIpc) is 2.86. The zero-order valence-electron chi connectivity index (χ0n) is 13.7. The first kappa shape index (κ1) is 17.1. The first-order valence-corrected chi connectivity index (χ1v) is 7.56. The van der Waals surface area contributed by atoms with Crippen LogP contribution in [0.1, 0.15) is 36.8 Å². The van der Waals surface area contributed by atoms with Gasteiger partial charge in [-0.05, 0) is 17.9 Å². The number of aromatic amines is 1. The summed E-state index contributed by atoms with van der Waals surface area (Å²) in [5, 5.41) is 10.1. The minimum atomic E-state index is -0.363. The lowest BCUT2D eigenvalue weighted by atomic mass is 9.91. The Morgan fingerprint density at radius 1 is 1.39 bits per heavy atom. The molecule has 4 N–H and O–H groups in total. The van der Waals surface area contributed by atoms with Crippen LogP contribution >= 0.6 is 11.6 Å². The van der Waals surface area contributed by atoms with E-state index < -0.39 is 0 Å². The maximum absolute atomic E-state index is 12.4. The van der Waals surface area contributed by atoms with E-state index in [-0.39, 0.29) is 11.3 Å². The minimum Gasteiger partial charge on any atom is -0.496 e. The molecule has 1 amide bonds. The molecule has 1 aromatic carbocycles. The van der Waals surface area contributed by atoms with Crippen LogP contribution in [0.3, 0.4) is 0 Å². The van der Waals surface area contributed by atoms with Gasteiger partial charge in [0.2, 0.25) is 0 Å². The van der Waals surface area contributed by atoms with Gasteiger partial charge in [0.05, 0.1) is 23.4 Å². The number of nitrogens with one attached hydrogen (secondary N) is 2. The highest BCUT2D eigenvalue weighted by Crippen LogP contribution is 2.29. The van der Waals surface area contributed by atoms with Gasteiger partial charge in [-0.3, -0.25) is 9.89 Å². The minimum absolute atomic E-state index is 0.127. The molecular weight excluding hydrogens is 316 g/mol. The van der Waals surface area contributed by atoms with E-state index in [1.807, 2.05) is 6.07 Å². The van der Waals surface area contributed by atoms with Crippen molar-refractivity contribution in [2.45, 2.75) is 27.2 Å². The van der Waals surface area contributed by atoms with Crippen molar-refractivity contribution < 1.29 is 9.53 Å². The topological polar surface area (TPSA) is 93.0 Å². The van der Waals surface area contributed by atoms with Gasteiger partial charge in [-0.25, -0.2) is 0 Å². The first-order chi connectivity index (χ1) is 10.7. The molecule has 0 unspecified atom stereocenters. The van der Waals surface area contributed by atoms with Gasteiger partial charge < -0.3 is 15.8 Å². The normalized spacial score (nSPS) is 11.3. The van der Waals surface area contributed by atoms with Crippen molar-refractivity contribution >= 4 is 29.0 Å². The van der Waals surface area contributed by atoms with Crippen LogP contribution in [0.2, 0.25) is 5.02 Å². The molecule has 0 aliphatic rings. The van der Waals surface area contributed by atoms with Gasteiger partial charge in [-0.1, -0.05) is 32.4 Å². The van der Waals surface area contributed by atoms with Crippen molar-refractivity contribution in [2.24, 2.45) is 5.41 Å². The highest BCUT2D eigenvalue weighted by Gasteiger charge is 2.17. The van der Waals surface area contributed by atoms with Gasteiger partial charge >= 0.3 is 0 Å². The van der Waals surface area contributed by atoms with E-state index in [1.54, 1.807) is 0 Å². The number of carbonyl (C=O) groups excluding carboxylic acids is 1. The molecule has 0 radical (unpaired) electrons. The molecule has 6 nitrogen and oxygen atoms in total. The number of ether oxygens (including phenoxy) is 1. The lowest BCUT2D eigenvalue weighted by molar-refractivity contribution is 0.102. The second kappa shape index (κ2) is 6.50. The highest BCUT2D eigenvalue weighted by atomic mass is 35.5. The molecule has 1 aromatic heterocycles. The predicted octanol–water partition coefficient (Wildman–Crippen LogP) is 3.49. The number of halogens is 1. The maximum Gasteiger partial charge on any atom is 0.260 e. The molecule has 0 atom stereocenters. The van der Waals surface area contributed by atoms with E-state index in [1.165, 1.54) is 19.2 Å². The number of H-pyrrole nitrogens is 1. The van der Waals surface area contributed by atoms with E-state index in [0.717, 1.165) is 12.1 Å². The van der Waals surface area contributed by atoms with Gasteiger partial charge in [0.1, 0.15) is 5.75 Å². The quantitative estimate of drug-likeness (QED) is 0.745. The van der Waals surface area contributed by atoms with Crippen molar-refractivity contribution in [3.05, 3.63) is 34.5 Å². The Morgan fingerprint density at radius 2 is 2.09 bits per heavy atom. The van der Waals surface area contributed by atoms with Gasteiger partial charge in [0.25, 0.3) is 5.91 Å². The van der Waals surface area contributed by atoms with Crippen LogP contribution in [0.15, 0.2) is 18.2 Å². The van der Waals surface area contributed by atoms with E-state index in [9.17, 15) is 4.79 Å². The number of aromatic nitrogens is 2. The number of hydrogen-bond donors (Lipinski definition) is 3. The van der Waals surface area contributed by atoms with Crippen LogP contribution in [-0.2, 0) is 6.42 Å². The number of hydrogen-bond acceptors (Lipinski definition) is 4. The summed E-state index contributed by atoms with van der Waals surface area (Å²) < 4.78 is 5.18. The van der Waals surface area contributed by atoms with Gasteiger partial charge in [-0.15, -0.1) is 0 Å². The van der Waals surface area contributed by atoms with Crippen LogP contribution in [0.25, 0.3) is 0 Å². The summed E-state index contributed by atoms with van der Waals surface area (Å²) in [6, 6.07) is 4.81. The van der Waals surface area contributed by atoms with E-state index in [4.69, 9.17) is 22.1 Å². The molecule has 0 spiro atoms. The molecule has 0 saturated carbocycles. The predicted molar refractivity (Wildman–Crippen MR) is 92.1 cm³/mol. The number of amides is 1. The maximum atomic E-state index is 12.4. The molecule has 0 fully saturated rings. The zero-order valence-corrected chi connectivity index (χ0v) is 14.4. The van der Waals surface area contributed by atoms with Crippen molar-refractivity contribution in [1.29, 1.82) is 0 Å². The number of nitrogens with zero attached hydrogens (tertiary/aromatic N) is 1. The standard InChI is InChI=1S/C16H21ClN4O2/c1-16(2,3)8-9-5-14(21-20-9)19-15(22)10-6-11(17)12(18)7-13(10)23-4/h5-7H,8,18H2,1-4H3,(H2,19,20,21,22). The molecule has 0 bridgehead atoms. The number of methoxy groups -OCH3 is 1. The SMILES string of the molecule is COc1cc(N)c(Cl)cc1C(=O)Nc1cc(CC(C)(C)C)[nH]n1. The fourth-order valence-electron chi connectivity index (χ4n) is 2.19. The smallest absolute Gasteiger partial charge is 0.260 e. The number of anilines is 2. The molecule has 2 aromatic rings. The van der Waals surface area contributed by atoms with Crippen molar-refractivity contribution in [3.8, 4) is 5.75 Å². The Balaban J connectivity index is 2.18. The Labute approximate surface area is 140 Å². The van der Waals surface area contributed by atoms with Crippen LogP contribution in [-0.4, -0.2) is 23.2 Å². The molecule has 124 valence electrons. The molecular formula is C16H21ClN4O2. The highest BCUT2D eigenvalue weighted by molar-refractivity contribution is 6.33. The molecule has 1 heterocycles. The Morgan fingerprint density at radius 3 is 2.70 bits per heavy atom. The monoisotopic (exact) mass is 336 g/mol. The number of rotatable bonds is 4. The Kier molecular flexibility index (Phi) is 4.85. The van der Waals surface area contributed by atoms with E-state index in [0.29, 0.717) is 27.8 Å². The number of nitrogens with two attached hydrogens (primary N) is 1. The van der Waals surface area contributed by atoms with Crippen LogP contribution in [0.4, 0.5) is 11.5 Å². The van der Waals surface area contributed by atoms with Crippen molar-refractivity contribution in [3.63, 3.8) is 0 Å². The van der Waals surface area contributed by atoms with Crippen LogP contribution in [0, 0.1) is 5.41 Å². The third-order valence-corrected chi connectivity index (χ3v) is 3.48. The average molecular weight is 337 g/mol. The largest absolute Gasteiger partial charge is 0.496 e. The van der Waals surface area contributed by atoms with Gasteiger partial charge in [0, 0.05) is 17.8 Å². The molecule has 0 aliphatic heterocycles. The third-order valence-electron chi connectivity index (χ3n) is 3.16. The van der Waals surface area contributed by atoms with Crippen LogP contribution in [0.5, 0.6) is 5.75 Å². The molecule has 0 saturated heterocycles. The van der Waals surface area contributed by atoms with Crippen molar-refractivity contribution in [2.75, 3.05) is 18.2 Å². The lowest BCUT2D eigenvalue weighted by Gasteiger charge is -2.15. The second-order valence-corrected chi connectivity index (χ2v) is 6.95. The number of carbonyl (C=O) groups is 1. The zero-order chi connectivity index (χ0) is 17.2. The summed E-state index contributed by atoms with van der Waals surface area (Å²) >= 11 is 5.98. The third kappa shape index (κ3) is 4.39. The molecule has 2 rings (SSSR count). The fraction of sp³-hybridized carbons (Fsp3) is 0.375. The summed E-state index contributed by atoms with van der Waals surface area (Å²) in [5.74, 6) is 0.441. The summed E-state index contributed by atoms with van der Waals surface area (Å²) in [6.45, 7) is 6.40.